The number of hydrogen-bond donors (Lipinski definition) is 2. The van der Waals surface area contributed by atoms with E-state index in [2.05, 4.69) is 15.3 Å². The Morgan fingerprint density at radius 3 is 3.20 bits per heavy atom. The molecule has 7 nitrogen and oxygen atoms in total. The first kappa shape index (κ1) is 14.6. The van der Waals surface area contributed by atoms with Gasteiger partial charge in [0.15, 0.2) is 0 Å². The molecule has 0 aliphatic carbocycles. The minimum atomic E-state index is -0.440. The summed E-state index contributed by atoms with van der Waals surface area (Å²) in [6.45, 7) is 3.82. The van der Waals surface area contributed by atoms with E-state index < -0.39 is 6.04 Å². The van der Waals surface area contributed by atoms with Crippen LogP contribution < -0.4 is 16.0 Å². The van der Waals surface area contributed by atoms with E-state index in [4.69, 9.17) is 22.7 Å². The third-order valence-corrected chi connectivity index (χ3v) is 3.14. The van der Waals surface area contributed by atoms with Gasteiger partial charge in [-0.15, -0.1) is 0 Å². The number of morpholine rings is 1. The molecule has 2 heterocycles. The van der Waals surface area contributed by atoms with Gasteiger partial charge in [-0.25, -0.2) is 9.97 Å². The SMILES string of the molecule is CCNC(=O)C1COCCN1c1nccc(C(N)=S)n1. The molecular formula is C12H17N5O2S. The highest BCUT2D eigenvalue weighted by molar-refractivity contribution is 7.80. The van der Waals surface area contributed by atoms with Crippen molar-refractivity contribution in [1.29, 1.82) is 0 Å². The Labute approximate surface area is 122 Å². The van der Waals surface area contributed by atoms with Gasteiger partial charge in [0.05, 0.1) is 13.2 Å². The number of hydrogen-bond acceptors (Lipinski definition) is 6. The van der Waals surface area contributed by atoms with Crippen LogP contribution in [0.5, 0.6) is 0 Å². The van der Waals surface area contributed by atoms with Gasteiger partial charge in [-0.1, -0.05) is 12.2 Å². The quantitative estimate of drug-likeness (QED) is 0.720. The molecule has 8 heteroatoms. The Morgan fingerprint density at radius 1 is 1.70 bits per heavy atom. The molecule has 0 radical (unpaired) electrons. The first-order chi connectivity index (χ1) is 9.63. The third-order valence-electron chi connectivity index (χ3n) is 2.93. The standard InChI is InChI=1S/C12H17N5O2S/c1-2-14-11(18)9-7-19-6-5-17(9)12-15-4-3-8(16-12)10(13)20/h3-4,9H,2,5-7H2,1H3,(H2,13,20)(H,14,18). The van der Waals surface area contributed by atoms with E-state index in [1.54, 1.807) is 12.3 Å². The van der Waals surface area contributed by atoms with Crippen LogP contribution in [0.4, 0.5) is 5.95 Å². The summed E-state index contributed by atoms with van der Waals surface area (Å²) < 4.78 is 5.37. The summed E-state index contributed by atoms with van der Waals surface area (Å²) in [4.78, 5) is 22.6. The average molecular weight is 295 g/mol. The van der Waals surface area contributed by atoms with Crippen LogP contribution in [0.3, 0.4) is 0 Å². The van der Waals surface area contributed by atoms with Gasteiger partial charge in [-0.05, 0) is 13.0 Å². The number of carbonyl (C=O) groups excluding carboxylic acids is 1. The lowest BCUT2D eigenvalue weighted by molar-refractivity contribution is -0.124. The minimum absolute atomic E-state index is 0.100. The number of likely N-dealkylation sites (N-methyl/N-ethyl adjacent to an activating group) is 1. The van der Waals surface area contributed by atoms with Gasteiger partial charge in [0, 0.05) is 19.3 Å². The lowest BCUT2D eigenvalue weighted by atomic mass is 10.2. The maximum Gasteiger partial charge on any atom is 0.245 e. The molecule has 1 aromatic heterocycles. The molecule has 1 saturated heterocycles. The topological polar surface area (TPSA) is 93.4 Å². The van der Waals surface area contributed by atoms with E-state index in [1.807, 2.05) is 11.8 Å². The monoisotopic (exact) mass is 295 g/mol. The number of anilines is 1. The van der Waals surface area contributed by atoms with Gasteiger partial charge in [0.1, 0.15) is 16.7 Å². The molecular weight excluding hydrogens is 278 g/mol. The van der Waals surface area contributed by atoms with Crippen molar-refractivity contribution in [2.75, 3.05) is 31.2 Å². The first-order valence-corrected chi connectivity index (χ1v) is 6.79. The summed E-state index contributed by atoms with van der Waals surface area (Å²) in [5.74, 6) is 0.339. The van der Waals surface area contributed by atoms with Crippen molar-refractivity contribution in [1.82, 2.24) is 15.3 Å². The molecule has 1 unspecified atom stereocenters. The highest BCUT2D eigenvalue weighted by Gasteiger charge is 2.31. The number of nitrogens with one attached hydrogen (secondary N) is 1. The smallest absolute Gasteiger partial charge is 0.245 e. The van der Waals surface area contributed by atoms with E-state index in [9.17, 15) is 4.79 Å². The number of rotatable bonds is 4. The fraction of sp³-hybridized carbons (Fsp3) is 0.500. The largest absolute Gasteiger partial charge is 0.388 e. The molecule has 0 bridgehead atoms. The Morgan fingerprint density at radius 2 is 2.50 bits per heavy atom. The van der Waals surface area contributed by atoms with Gasteiger partial charge in [0.2, 0.25) is 11.9 Å². The van der Waals surface area contributed by atoms with Crippen molar-refractivity contribution in [3.8, 4) is 0 Å². The number of nitrogens with zero attached hydrogens (tertiary/aromatic N) is 3. The fourth-order valence-electron chi connectivity index (χ4n) is 1.98. The highest BCUT2D eigenvalue weighted by Crippen LogP contribution is 2.15. The second-order valence-electron chi connectivity index (χ2n) is 4.28. The molecule has 1 aromatic rings. The number of ether oxygens (including phenoxy) is 1. The van der Waals surface area contributed by atoms with E-state index in [0.717, 1.165) is 0 Å². The van der Waals surface area contributed by atoms with Crippen molar-refractivity contribution in [3.63, 3.8) is 0 Å². The molecule has 108 valence electrons. The molecule has 0 spiro atoms. The van der Waals surface area contributed by atoms with E-state index in [1.165, 1.54) is 0 Å². The van der Waals surface area contributed by atoms with Crippen LogP contribution in [0, 0.1) is 0 Å². The van der Waals surface area contributed by atoms with Crippen LogP contribution in [0.2, 0.25) is 0 Å². The summed E-state index contributed by atoms with van der Waals surface area (Å²) in [6.07, 6.45) is 1.58. The number of thiocarbonyl (C=S) groups is 1. The Kier molecular flexibility index (Phi) is 4.80. The number of nitrogens with two attached hydrogens (primary N) is 1. The zero-order valence-electron chi connectivity index (χ0n) is 11.2. The average Bonchev–Trinajstić information content (AvgIpc) is 2.47. The predicted octanol–water partition coefficient (Wildman–Crippen LogP) is -0.548. The van der Waals surface area contributed by atoms with Crippen LogP contribution in [0.15, 0.2) is 12.3 Å². The maximum atomic E-state index is 12.1. The molecule has 1 fully saturated rings. The molecule has 0 aromatic carbocycles. The molecule has 1 atom stereocenters. The Bertz CT molecular complexity index is 510. The summed E-state index contributed by atoms with van der Waals surface area (Å²) in [7, 11) is 0. The van der Waals surface area contributed by atoms with Crippen LogP contribution in [0.1, 0.15) is 12.6 Å². The molecule has 1 aliphatic rings. The van der Waals surface area contributed by atoms with Crippen LogP contribution >= 0.6 is 12.2 Å². The van der Waals surface area contributed by atoms with Crippen molar-refractivity contribution in [3.05, 3.63) is 18.0 Å². The van der Waals surface area contributed by atoms with Crippen molar-refractivity contribution in [2.24, 2.45) is 5.73 Å². The first-order valence-electron chi connectivity index (χ1n) is 6.38. The lowest BCUT2D eigenvalue weighted by Crippen LogP contribution is -2.54. The van der Waals surface area contributed by atoms with Crippen LogP contribution in [0.25, 0.3) is 0 Å². The lowest BCUT2D eigenvalue weighted by Gasteiger charge is -2.34. The summed E-state index contributed by atoms with van der Waals surface area (Å²) in [5.41, 5.74) is 6.06. The molecule has 1 aliphatic heterocycles. The second kappa shape index (κ2) is 6.58. The predicted molar refractivity (Wildman–Crippen MR) is 78.6 cm³/mol. The van der Waals surface area contributed by atoms with E-state index >= 15 is 0 Å². The van der Waals surface area contributed by atoms with Gasteiger partial charge in [0.25, 0.3) is 0 Å². The normalized spacial score (nSPS) is 18.6. The van der Waals surface area contributed by atoms with E-state index in [0.29, 0.717) is 37.9 Å². The summed E-state index contributed by atoms with van der Waals surface area (Å²) in [6, 6.07) is 1.21. The molecule has 0 saturated carbocycles. The highest BCUT2D eigenvalue weighted by atomic mass is 32.1. The van der Waals surface area contributed by atoms with Gasteiger partial charge in [-0.3, -0.25) is 4.79 Å². The molecule has 2 rings (SSSR count). The Balaban J connectivity index is 2.25. The zero-order chi connectivity index (χ0) is 14.5. The van der Waals surface area contributed by atoms with Crippen molar-refractivity contribution >= 4 is 29.1 Å². The van der Waals surface area contributed by atoms with Gasteiger partial charge >= 0.3 is 0 Å². The van der Waals surface area contributed by atoms with Gasteiger partial charge < -0.3 is 20.7 Å². The fourth-order valence-corrected chi connectivity index (χ4v) is 2.09. The number of amides is 1. The summed E-state index contributed by atoms with van der Waals surface area (Å²) >= 11 is 4.91. The maximum absolute atomic E-state index is 12.1. The van der Waals surface area contributed by atoms with E-state index in [-0.39, 0.29) is 10.9 Å². The van der Waals surface area contributed by atoms with Crippen LogP contribution in [-0.4, -0.2) is 53.2 Å². The van der Waals surface area contributed by atoms with Crippen LogP contribution in [-0.2, 0) is 9.53 Å². The van der Waals surface area contributed by atoms with Crippen molar-refractivity contribution < 1.29 is 9.53 Å². The van der Waals surface area contributed by atoms with Crippen molar-refractivity contribution in [2.45, 2.75) is 13.0 Å². The third kappa shape index (κ3) is 3.20. The molecule has 3 N–H and O–H groups in total. The summed E-state index contributed by atoms with van der Waals surface area (Å²) in [5, 5.41) is 2.79. The molecule has 20 heavy (non-hydrogen) atoms. The molecule has 1 amide bonds. The van der Waals surface area contributed by atoms with Gasteiger partial charge in [-0.2, -0.15) is 0 Å². The zero-order valence-corrected chi connectivity index (χ0v) is 12.0. The number of carbonyl (C=O) groups is 1. The second-order valence-corrected chi connectivity index (χ2v) is 4.72. The number of aromatic nitrogens is 2. The minimum Gasteiger partial charge on any atom is -0.388 e. The Hall–Kier alpha value is -1.80.